The lowest BCUT2D eigenvalue weighted by Gasteiger charge is -2.18. The van der Waals surface area contributed by atoms with Crippen molar-refractivity contribution in [3.05, 3.63) is 53.6 Å². The van der Waals surface area contributed by atoms with Crippen molar-refractivity contribution in [2.24, 2.45) is 0 Å². The number of rotatable bonds is 7. The van der Waals surface area contributed by atoms with Crippen molar-refractivity contribution in [3.63, 3.8) is 0 Å². The Kier molecular flexibility index (Phi) is 5.77. The smallest absolute Gasteiger partial charge is 0.220 e. The third-order valence-electron chi connectivity index (χ3n) is 3.97. The van der Waals surface area contributed by atoms with E-state index >= 15 is 0 Å². The molecule has 0 aliphatic carbocycles. The molecule has 0 fully saturated rings. The molecule has 0 aromatic heterocycles. The molecule has 1 amide bonds. The van der Waals surface area contributed by atoms with Gasteiger partial charge >= 0.3 is 0 Å². The minimum Gasteiger partial charge on any atom is -0.494 e. The maximum absolute atomic E-state index is 12.1. The molecule has 0 spiro atoms. The van der Waals surface area contributed by atoms with E-state index in [4.69, 9.17) is 14.2 Å². The van der Waals surface area contributed by atoms with Crippen LogP contribution in [0.2, 0.25) is 0 Å². The number of fused-ring (bicyclic) bond motifs is 1. The van der Waals surface area contributed by atoms with Gasteiger partial charge in [0.1, 0.15) is 19.0 Å². The summed E-state index contributed by atoms with van der Waals surface area (Å²) >= 11 is 0. The molecule has 1 N–H and O–H groups in total. The molecule has 2 aromatic carbocycles. The topological polar surface area (TPSA) is 56.8 Å². The summed E-state index contributed by atoms with van der Waals surface area (Å²) in [6.07, 6.45) is 1.11. The summed E-state index contributed by atoms with van der Waals surface area (Å²) in [6, 6.07) is 13.6. The molecule has 1 aliphatic heterocycles. The van der Waals surface area contributed by atoms with Gasteiger partial charge in [0, 0.05) is 13.0 Å². The van der Waals surface area contributed by atoms with Crippen LogP contribution in [0, 0.1) is 0 Å². The van der Waals surface area contributed by atoms with Crippen molar-refractivity contribution in [3.8, 4) is 17.2 Å². The summed E-state index contributed by atoms with van der Waals surface area (Å²) in [7, 11) is 0. The second-order valence-corrected chi connectivity index (χ2v) is 5.83. The highest BCUT2D eigenvalue weighted by Crippen LogP contribution is 2.31. The van der Waals surface area contributed by atoms with Crippen LogP contribution in [0.15, 0.2) is 42.5 Å². The number of carbonyl (C=O) groups excluding carboxylic acids is 1. The summed E-state index contributed by atoms with van der Waals surface area (Å²) in [6.45, 7) is 4.28. The molecule has 0 unspecified atom stereocenters. The number of hydrogen-bond acceptors (Lipinski definition) is 4. The standard InChI is InChI=1S/C20H23NO4/c1-2-23-17-7-3-16(4-8-17)14-21-20(22)10-6-15-5-9-18-19(13-15)25-12-11-24-18/h3-5,7-9,13H,2,6,10-12,14H2,1H3,(H,21,22). The maximum Gasteiger partial charge on any atom is 0.220 e. The minimum atomic E-state index is 0.0313. The van der Waals surface area contributed by atoms with Crippen molar-refractivity contribution in [1.29, 1.82) is 0 Å². The second kappa shape index (κ2) is 8.42. The summed E-state index contributed by atoms with van der Waals surface area (Å²) in [5, 5.41) is 2.95. The predicted octanol–water partition coefficient (Wildman–Crippen LogP) is 3.11. The van der Waals surface area contributed by atoms with E-state index in [1.165, 1.54) is 0 Å². The van der Waals surface area contributed by atoms with Gasteiger partial charge < -0.3 is 19.5 Å². The number of nitrogens with one attached hydrogen (secondary N) is 1. The van der Waals surface area contributed by atoms with E-state index in [-0.39, 0.29) is 5.91 Å². The number of ether oxygens (including phenoxy) is 3. The Hall–Kier alpha value is -2.69. The molecule has 0 radical (unpaired) electrons. The third-order valence-corrected chi connectivity index (χ3v) is 3.97. The number of carbonyl (C=O) groups is 1. The molecule has 0 saturated carbocycles. The lowest BCUT2D eigenvalue weighted by molar-refractivity contribution is -0.121. The second-order valence-electron chi connectivity index (χ2n) is 5.83. The van der Waals surface area contributed by atoms with Crippen LogP contribution >= 0.6 is 0 Å². The van der Waals surface area contributed by atoms with Crippen LogP contribution in [-0.4, -0.2) is 25.7 Å². The Balaban J connectivity index is 1.45. The molecule has 132 valence electrons. The number of hydrogen-bond donors (Lipinski definition) is 1. The Morgan fingerprint density at radius 3 is 2.52 bits per heavy atom. The SMILES string of the molecule is CCOc1ccc(CNC(=O)CCc2ccc3c(c2)OCCO3)cc1. The first-order valence-electron chi connectivity index (χ1n) is 8.61. The zero-order valence-corrected chi connectivity index (χ0v) is 14.4. The largest absolute Gasteiger partial charge is 0.494 e. The Morgan fingerprint density at radius 2 is 1.76 bits per heavy atom. The average molecular weight is 341 g/mol. The highest BCUT2D eigenvalue weighted by atomic mass is 16.6. The normalized spacial score (nSPS) is 12.5. The molecule has 5 heteroatoms. The summed E-state index contributed by atoms with van der Waals surface area (Å²) in [5.74, 6) is 2.41. The van der Waals surface area contributed by atoms with E-state index in [1.54, 1.807) is 0 Å². The van der Waals surface area contributed by atoms with Gasteiger partial charge in [-0.2, -0.15) is 0 Å². The van der Waals surface area contributed by atoms with Crippen LogP contribution in [0.3, 0.4) is 0 Å². The van der Waals surface area contributed by atoms with Gasteiger partial charge in [-0.1, -0.05) is 18.2 Å². The highest BCUT2D eigenvalue weighted by molar-refractivity contribution is 5.76. The first-order valence-corrected chi connectivity index (χ1v) is 8.61. The van der Waals surface area contributed by atoms with Crippen molar-refractivity contribution >= 4 is 5.91 Å². The van der Waals surface area contributed by atoms with Crippen molar-refractivity contribution < 1.29 is 19.0 Å². The number of amides is 1. The molecule has 0 saturated heterocycles. The van der Waals surface area contributed by atoms with Crippen LogP contribution in [0.1, 0.15) is 24.5 Å². The Morgan fingerprint density at radius 1 is 1.04 bits per heavy atom. The maximum atomic E-state index is 12.1. The molecule has 0 bridgehead atoms. The van der Waals surface area contributed by atoms with Crippen molar-refractivity contribution in [1.82, 2.24) is 5.32 Å². The molecule has 25 heavy (non-hydrogen) atoms. The number of aryl methyl sites for hydroxylation is 1. The van der Waals surface area contributed by atoms with Gasteiger partial charge in [0.2, 0.25) is 5.91 Å². The van der Waals surface area contributed by atoms with Gasteiger partial charge in [-0.15, -0.1) is 0 Å². The minimum absolute atomic E-state index is 0.0313. The summed E-state index contributed by atoms with van der Waals surface area (Å²) in [4.78, 5) is 12.1. The van der Waals surface area contributed by atoms with E-state index in [0.717, 1.165) is 28.4 Å². The fraction of sp³-hybridized carbons (Fsp3) is 0.350. The molecule has 1 aliphatic rings. The zero-order valence-electron chi connectivity index (χ0n) is 14.4. The van der Waals surface area contributed by atoms with E-state index in [9.17, 15) is 4.79 Å². The summed E-state index contributed by atoms with van der Waals surface area (Å²) in [5.41, 5.74) is 2.12. The lowest BCUT2D eigenvalue weighted by Crippen LogP contribution is -2.23. The van der Waals surface area contributed by atoms with Crippen LogP contribution in [-0.2, 0) is 17.8 Å². The van der Waals surface area contributed by atoms with E-state index < -0.39 is 0 Å². The van der Waals surface area contributed by atoms with Gasteiger partial charge in [0.25, 0.3) is 0 Å². The van der Waals surface area contributed by atoms with E-state index in [0.29, 0.717) is 39.2 Å². The lowest BCUT2D eigenvalue weighted by atomic mass is 10.1. The molecule has 2 aromatic rings. The molecule has 0 atom stereocenters. The third kappa shape index (κ3) is 4.89. The van der Waals surface area contributed by atoms with Gasteiger partial charge in [0.05, 0.1) is 6.61 Å². The van der Waals surface area contributed by atoms with Gasteiger partial charge in [-0.05, 0) is 48.7 Å². The first kappa shape index (κ1) is 17.1. The van der Waals surface area contributed by atoms with Gasteiger partial charge in [-0.3, -0.25) is 4.79 Å². The van der Waals surface area contributed by atoms with Crippen molar-refractivity contribution in [2.45, 2.75) is 26.3 Å². The molecule has 1 heterocycles. The van der Waals surface area contributed by atoms with Crippen LogP contribution in [0.4, 0.5) is 0 Å². The van der Waals surface area contributed by atoms with Crippen LogP contribution in [0.5, 0.6) is 17.2 Å². The molecular weight excluding hydrogens is 318 g/mol. The monoisotopic (exact) mass is 341 g/mol. The zero-order chi connectivity index (χ0) is 17.5. The molecule has 3 rings (SSSR count). The predicted molar refractivity (Wildman–Crippen MR) is 95.2 cm³/mol. The number of benzene rings is 2. The Bertz CT molecular complexity index is 712. The Labute approximate surface area is 147 Å². The quantitative estimate of drug-likeness (QED) is 0.841. The molecule has 5 nitrogen and oxygen atoms in total. The van der Waals surface area contributed by atoms with Crippen LogP contribution in [0.25, 0.3) is 0 Å². The fourth-order valence-electron chi connectivity index (χ4n) is 2.66. The van der Waals surface area contributed by atoms with Gasteiger partial charge in [-0.25, -0.2) is 0 Å². The van der Waals surface area contributed by atoms with Crippen LogP contribution < -0.4 is 19.5 Å². The van der Waals surface area contributed by atoms with Gasteiger partial charge in [0.15, 0.2) is 11.5 Å². The van der Waals surface area contributed by atoms with Crippen molar-refractivity contribution in [2.75, 3.05) is 19.8 Å². The van der Waals surface area contributed by atoms with E-state index in [1.807, 2.05) is 49.4 Å². The first-order chi connectivity index (χ1) is 12.2. The summed E-state index contributed by atoms with van der Waals surface area (Å²) < 4.78 is 16.5. The van der Waals surface area contributed by atoms with E-state index in [2.05, 4.69) is 5.32 Å². The molecular formula is C20H23NO4. The highest BCUT2D eigenvalue weighted by Gasteiger charge is 2.12. The fourth-order valence-corrected chi connectivity index (χ4v) is 2.66. The average Bonchev–Trinajstić information content (AvgIpc) is 2.66.